The van der Waals surface area contributed by atoms with Gasteiger partial charge in [-0.05, 0) is 54.8 Å². The van der Waals surface area contributed by atoms with E-state index >= 15 is 0 Å². The first-order valence-electron chi connectivity index (χ1n) is 7.29. The highest BCUT2D eigenvalue weighted by Crippen LogP contribution is 2.27. The number of halogens is 1. The monoisotopic (exact) mass is 303 g/mol. The van der Waals surface area contributed by atoms with Crippen LogP contribution in [-0.2, 0) is 0 Å². The van der Waals surface area contributed by atoms with Gasteiger partial charge in [0.15, 0.2) is 0 Å². The van der Waals surface area contributed by atoms with Gasteiger partial charge in [-0.3, -0.25) is 0 Å². The maximum absolute atomic E-state index is 5.99. The Morgan fingerprint density at radius 2 is 1.76 bits per heavy atom. The van der Waals surface area contributed by atoms with Crippen LogP contribution in [0.3, 0.4) is 0 Å². The van der Waals surface area contributed by atoms with E-state index in [4.69, 9.17) is 16.3 Å². The molecule has 0 heterocycles. The molecule has 112 valence electrons. The fourth-order valence-electron chi connectivity index (χ4n) is 2.45. The molecule has 0 spiro atoms. The molecular weight excluding hydrogens is 282 g/mol. The normalized spacial score (nSPS) is 12.2. The molecule has 2 nitrogen and oxygen atoms in total. The van der Waals surface area contributed by atoms with Gasteiger partial charge in [-0.1, -0.05) is 42.8 Å². The van der Waals surface area contributed by atoms with Crippen LogP contribution in [0.15, 0.2) is 42.5 Å². The van der Waals surface area contributed by atoms with Crippen LogP contribution in [0.4, 0.5) is 0 Å². The first-order chi connectivity index (χ1) is 10.2. The second kappa shape index (κ2) is 7.48. The summed E-state index contributed by atoms with van der Waals surface area (Å²) in [5.74, 6) is 0.920. The summed E-state index contributed by atoms with van der Waals surface area (Å²) in [4.78, 5) is 0. The number of hydrogen-bond donors (Lipinski definition) is 1. The zero-order valence-corrected chi connectivity index (χ0v) is 13.6. The van der Waals surface area contributed by atoms with Crippen LogP contribution in [0.25, 0.3) is 0 Å². The molecule has 0 radical (unpaired) electrons. The summed E-state index contributed by atoms with van der Waals surface area (Å²) < 4.78 is 5.34. The lowest BCUT2D eigenvalue weighted by Crippen LogP contribution is -2.23. The fraction of sp³-hybridized carbons (Fsp3) is 0.333. The van der Waals surface area contributed by atoms with E-state index in [0.29, 0.717) is 0 Å². The van der Waals surface area contributed by atoms with E-state index in [1.54, 1.807) is 7.11 Å². The van der Waals surface area contributed by atoms with E-state index in [1.165, 1.54) is 11.1 Å². The third-order valence-corrected chi connectivity index (χ3v) is 3.81. The van der Waals surface area contributed by atoms with E-state index in [9.17, 15) is 0 Å². The maximum Gasteiger partial charge on any atom is 0.121 e. The van der Waals surface area contributed by atoms with Gasteiger partial charge in [-0.25, -0.2) is 0 Å². The van der Waals surface area contributed by atoms with Gasteiger partial charge in [0.05, 0.1) is 13.2 Å². The van der Waals surface area contributed by atoms with Gasteiger partial charge in [0.25, 0.3) is 0 Å². The molecule has 0 aliphatic carbocycles. The van der Waals surface area contributed by atoms with Crippen molar-refractivity contribution in [2.45, 2.75) is 26.3 Å². The lowest BCUT2D eigenvalue weighted by molar-refractivity contribution is 0.411. The van der Waals surface area contributed by atoms with Crippen molar-refractivity contribution in [3.05, 3.63) is 64.2 Å². The summed E-state index contributed by atoms with van der Waals surface area (Å²) in [5.41, 5.74) is 3.61. The minimum atomic E-state index is 0.173. The van der Waals surface area contributed by atoms with Gasteiger partial charge in [-0.15, -0.1) is 0 Å². The average molecular weight is 304 g/mol. The molecule has 0 bridgehead atoms. The zero-order valence-electron chi connectivity index (χ0n) is 12.8. The summed E-state index contributed by atoms with van der Waals surface area (Å²) in [6, 6.07) is 14.5. The first-order valence-corrected chi connectivity index (χ1v) is 7.67. The summed E-state index contributed by atoms with van der Waals surface area (Å²) in [5, 5.41) is 4.37. The smallest absolute Gasteiger partial charge is 0.121 e. The second-order valence-electron chi connectivity index (χ2n) is 5.17. The average Bonchev–Trinajstić information content (AvgIpc) is 2.49. The minimum Gasteiger partial charge on any atom is -0.496 e. The van der Waals surface area contributed by atoms with Gasteiger partial charge < -0.3 is 10.1 Å². The van der Waals surface area contributed by atoms with Crippen LogP contribution in [0, 0.1) is 6.92 Å². The number of hydrogen-bond acceptors (Lipinski definition) is 2. The highest BCUT2D eigenvalue weighted by atomic mass is 35.5. The highest BCUT2D eigenvalue weighted by molar-refractivity contribution is 6.30. The molecule has 0 amide bonds. The number of rotatable bonds is 6. The number of benzene rings is 2. The summed E-state index contributed by atoms with van der Waals surface area (Å²) >= 11 is 5.99. The second-order valence-corrected chi connectivity index (χ2v) is 5.60. The summed E-state index contributed by atoms with van der Waals surface area (Å²) in [7, 11) is 1.70. The van der Waals surface area contributed by atoms with E-state index in [-0.39, 0.29) is 6.04 Å². The molecule has 2 rings (SSSR count). The summed E-state index contributed by atoms with van der Waals surface area (Å²) in [6.07, 6.45) is 1.10. The van der Waals surface area contributed by atoms with Crippen molar-refractivity contribution in [2.24, 2.45) is 0 Å². The number of aryl methyl sites for hydroxylation is 1. The molecule has 21 heavy (non-hydrogen) atoms. The predicted octanol–water partition coefficient (Wildman–Crippen LogP) is 4.75. The Morgan fingerprint density at radius 3 is 2.33 bits per heavy atom. The van der Waals surface area contributed by atoms with E-state index in [2.05, 4.69) is 43.4 Å². The van der Waals surface area contributed by atoms with E-state index in [0.717, 1.165) is 29.3 Å². The van der Waals surface area contributed by atoms with Crippen LogP contribution in [-0.4, -0.2) is 13.7 Å². The van der Waals surface area contributed by atoms with Crippen molar-refractivity contribution in [3.63, 3.8) is 0 Å². The van der Waals surface area contributed by atoms with Gasteiger partial charge in [-0.2, -0.15) is 0 Å². The Hall–Kier alpha value is -1.51. The molecule has 1 atom stereocenters. The molecule has 3 heteroatoms. The Balaban J connectivity index is 2.35. The molecule has 0 saturated heterocycles. The third-order valence-electron chi connectivity index (χ3n) is 3.55. The lowest BCUT2D eigenvalue weighted by atomic mass is 9.97. The molecular formula is C18H22ClNO. The maximum atomic E-state index is 5.99. The SMILES string of the molecule is CCCNC(c1ccc(Cl)cc1)c1ccc(OC)c(C)c1. The van der Waals surface area contributed by atoms with Crippen molar-refractivity contribution in [2.75, 3.05) is 13.7 Å². The molecule has 0 saturated carbocycles. The van der Waals surface area contributed by atoms with Crippen LogP contribution in [0.2, 0.25) is 5.02 Å². The molecule has 1 unspecified atom stereocenters. The van der Waals surface area contributed by atoms with Gasteiger partial charge in [0.1, 0.15) is 5.75 Å². The largest absolute Gasteiger partial charge is 0.496 e. The first kappa shape index (κ1) is 15.9. The molecule has 2 aromatic rings. The number of methoxy groups -OCH3 is 1. The van der Waals surface area contributed by atoms with E-state index < -0.39 is 0 Å². The quantitative estimate of drug-likeness (QED) is 0.832. The third kappa shape index (κ3) is 3.99. The highest BCUT2D eigenvalue weighted by Gasteiger charge is 2.14. The Kier molecular flexibility index (Phi) is 5.66. The van der Waals surface area contributed by atoms with Gasteiger partial charge in [0.2, 0.25) is 0 Å². The van der Waals surface area contributed by atoms with Crippen molar-refractivity contribution in [1.82, 2.24) is 5.32 Å². The van der Waals surface area contributed by atoms with Crippen LogP contribution >= 0.6 is 11.6 Å². The van der Waals surface area contributed by atoms with Crippen LogP contribution in [0.5, 0.6) is 5.75 Å². The summed E-state index contributed by atoms with van der Waals surface area (Å²) in [6.45, 7) is 5.21. The molecule has 0 aliphatic rings. The van der Waals surface area contributed by atoms with Crippen molar-refractivity contribution < 1.29 is 4.74 Å². The Morgan fingerprint density at radius 1 is 1.10 bits per heavy atom. The lowest BCUT2D eigenvalue weighted by Gasteiger charge is -2.21. The zero-order chi connectivity index (χ0) is 15.2. The van der Waals surface area contributed by atoms with Crippen molar-refractivity contribution in [3.8, 4) is 5.75 Å². The Bertz CT molecular complexity index is 580. The molecule has 1 N–H and O–H groups in total. The molecule has 2 aromatic carbocycles. The standard InChI is InChI=1S/C18H22ClNO/c1-4-11-20-18(14-5-8-16(19)9-6-14)15-7-10-17(21-3)13(2)12-15/h5-10,12,18,20H,4,11H2,1-3H3. The van der Waals surface area contributed by atoms with Crippen molar-refractivity contribution >= 4 is 11.6 Å². The van der Waals surface area contributed by atoms with E-state index in [1.807, 2.05) is 18.2 Å². The van der Waals surface area contributed by atoms with Crippen molar-refractivity contribution in [1.29, 1.82) is 0 Å². The molecule has 0 aliphatic heterocycles. The van der Waals surface area contributed by atoms with Gasteiger partial charge >= 0.3 is 0 Å². The van der Waals surface area contributed by atoms with Crippen LogP contribution in [0.1, 0.15) is 36.1 Å². The fourth-order valence-corrected chi connectivity index (χ4v) is 2.58. The predicted molar refractivity (Wildman–Crippen MR) is 89.3 cm³/mol. The Labute approximate surface area is 132 Å². The number of nitrogens with one attached hydrogen (secondary N) is 1. The molecule has 0 aromatic heterocycles. The van der Waals surface area contributed by atoms with Crippen LogP contribution < -0.4 is 10.1 Å². The molecule has 0 fully saturated rings. The topological polar surface area (TPSA) is 21.3 Å². The van der Waals surface area contributed by atoms with Gasteiger partial charge in [0, 0.05) is 5.02 Å². The minimum absolute atomic E-state index is 0.173. The number of ether oxygens (including phenoxy) is 1.